The van der Waals surface area contributed by atoms with Crippen LogP contribution in [0.5, 0.6) is 0 Å². The van der Waals surface area contributed by atoms with Gasteiger partial charge in [-0.05, 0) is 44.9 Å². The second kappa shape index (κ2) is 6.89. The molecule has 0 bridgehead atoms. The van der Waals surface area contributed by atoms with Gasteiger partial charge in [-0.3, -0.25) is 5.21 Å². The molecular weight excluding hydrogens is 318 g/mol. The molecule has 0 radical (unpaired) electrons. The summed E-state index contributed by atoms with van der Waals surface area (Å²) in [4.78, 5) is 7.49. The summed E-state index contributed by atoms with van der Waals surface area (Å²) in [7, 11) is 0. The Morgan fingerprint density at radius 3 is 2.46 bits per heavy atom. The van der Waals surface area contributed by atoms with E-state index >= 15 is 0 Å². The normalized spacial score (nSPS) is 19.9. The minimum atomic E-state index is -0.458. The highest BCUT2D eigenvalue weighted by Crippen LogP contribution is 2.35. The first-order valence-corrected chi connectivity index (χ1v) is 9.20. The molecule has 0 fully saturated rings. The van der Waals surface area contributed by atoms with E-state index in [2.05, 4.69) is 43.3 Å². The SMILES string of the molecule is Cc1ccc(SCC2=[N+]([O-])OC(C)(C)C[C@@H]2c2ccccc2)cc1. The molecule has 3 rings (SSSR count). The Labute approximate surface area is 147 Å². The van der Waals surface area contributed by atoms with Crippen molar-refractivity contribution in [1.29, 1.82) is 0 Å². The molecule has 0 aromatic heterocycles. The van der Waals surface area contributed by atoms with Gasteiger partial charge in [0.15, 0.2) is 0 Å². The van der Waals surface area contributed by atoms with Crippen LogP contribution in [0.25, 0.3) is 0 Å². The van der Waals surface area contributed by atoms with Gasteiger partial charge < -0.3 is 4.84 Å². The quantitative estimate of drug-likeness (QED) is 0.584. The highest BCUT2D eigenvalue weighted by Gasteiger charge is 2.38. The zero-order valence-electron chi connectivity index (χ0n) is 14.4. The van der Waals surface area contributed by atoms with Gasteiger partial charge in [-0.15, -0.1) is 11.8 Å². The molecule has 0 saturated heterocycles. The van der Waals surface area contributed by atoms with Gasteiger partial charge in [-0.1, -0.05) is 48.0 Å². The van der Waals surface area contributed by atoms with Gasteiger partial charge in [0.1, 0.15) is 0 Å². The van der Waals surface area contributed by atoms with Crippen molar-refractivity contribution in [2.45, 2.75) is 43.6 Å². The van der Waals surface area contributed by atoms with Gasteiger partial charge in [0.2, 0.25) is 5.71 Å². The summed E-state index contributed by atoms with van der Waals surface area (Å²) in [5, 5.41) is 12.5. The number of benzene rings is 2. The van der Waals surface area contributed by atoms with E-state index in [4.69, 9.17) is 4.84 Å². The molecule has 126 valence electrons. The number of nitrogens with zero attached hydrogens (tertiary/aromatic N) is 1. The Balaban J connectivity index is 1.85. The molecule has 2 aromatic carbocycles. The van der Waals surface area contributed by atoms with Crippen LogP contribution >= 0.6 is 11.8 Å². The van der Waals surface area contributed by atoms with E-state index < -0.39 is 5.60 Å². The Hall–Kier alpha value is -1.94. The second-order valence-corrected chi connectivity index (χ2v) is 7.92. The number of hydrogen-bond donors (Lipinski definition) is 0. The molecule has 1 atom stereocenters. The zero-order chi connectivity index (χ0) is 17.2. The summed E-state index contributed by atoms with van der Waals surface area (Å²) in [5.74, 6) is 0.716. The third kappa shape index (κ3) is 3.93. The van der Waals surface area contributed by atoms with Crippen molar-refractivity contribution in [1.82, 2.24) is 0 Å². The van der Waals surface area contributed by atoms with Crippen molar-refractivity contribution in [2.24, 2.45) is 0 Å². The predicted molar refractivity (Wildman–Crippen MR) is 99.5 cm³/mol. The van der Waals surface area contributed by atoms with Gasteiger partial charge in [0.25, 0.3) is 0 Å². The first-order chi connectivity index (χ1) is 11.4. The molecule has 3 nitrogen and oxygen atoms in total. The summed E-state index contributed by atoms with van der Waals surface area (Å²) in [5.41, 5.74) is 2.74. The van der Waals surface area contributed by atoms with Gasteiger partial charge in [0, 0.05) is 9.80 Å². The summed E-state index contributed by atoms with van der Waals surface area (Å²) in [6, 6.07) is 18.6. The van der Waals surface area contributed by atoms with Crippen LogP contribution in [-0.4, -0.2) is 22.0 Å². The van der Waals surface area contributed by atoms with E-state index in [9.17, 15) is 5.21 Å². The zero-order valence-corrected chi connectivity index (χ0v) is 15.2. The average Bonchev–Trinajstić information content (AvgIpc) is 2.55. The Morgan fingerprint density at radius 2 is 1.79 bits per heavy atom. The Bertz CT molecular complexity index is 723. The van der Waals surface area contributed by atoms with E-state index in [1.807, 2.05) is 32.0 Å². The lowest BCUT2D eigenvalue weighted by atomic mass is 9.84. The molecule has 0 amide bonds. The van der Waals surface area contributed by atoms with E-state index in [-0.39, 0.29) is 5.92 Å². The number of thioether (sulfide) groups is 1. The molecular formula is C20H23NO2S. The molecule has 1 aliphatic heterocycles. The monoisotopic (exact) mass is 341 g/mol. The van der Waals surface area contributed by atoms with E-state index in [0.717, 1.165) is 21.9 Å². The van der Waals surface area contributed by atoms with Crippen molar-refractivity contribution in [2.75, 3.05) is 5.75 Å². The molecule has 1 heterocycles. The van der Waals surface area contributed by atoms with E-state index in [0.29, 0.717) is 5.75 Å². The van der Waals surface area contributed by atoms with Crippen molar-refractivity contribution in [3.8, 4) is 0 Å². The van der Waals surface area contributed by atoms with Crippen LogP contribution < -0.4 is 0 Å². The molecule has 0 unspecified atom stereocenters. The molecule has 0 saturated carbocycles. The minimum Gasteiger partial charge on any atom is -0.397 e. The lowest BCUT2D eigenvalue weighted by molar-refractivity contribution is -0.770. The highest BCUT2D eigenvalue weighted by molar-refractivity contribution is 8.00. The summed E-state index contributed by atoms with van der Waals surface area (Å²) in [6.07, 6.45) is 0.805. The first kappa shape index (κ1) is 16.9. The largest absolute Gasteiger partial charge is 0.397 e. The summed E-state index contributed by atoms with van der Waals surface area (Å²) >= 11 is 1.68. The summed E-state index contributed by atoms with van der Waals surface area (Å²) < 4.78 is 0. The van der Waals surface area contributed by atoms with E-state index in [1.54, 1.807) is 11.8 Å². The minimum absolute atomic E-state index is 0.0883. The van der Waals surface area contributed by atoms with Gasteiger partial charge in [-0.25, -0.2) is 0 Å². The fourth-order valence-electron chi connectivity index (χ4n) is 3.00. The van der Waals surface area contributed by atoms with Crippen LogP contribution in [0.3, 0.4) is 0 Å². The fraction of sp³-hybridized carbons (Fsp3) is 0.350. The topological polar surface area (TPSA) is 35.3 Å². The second-order valence-electron chi connectivity index (χ2n) is 6.87. The fourth-order valence-corrected chi connectivity index (χ4v) is 3.95. The average molecular weight is 341 g/mol. The summed E-state index contributed by atoms with van der Waals surface area (Å²) in [6.45, 7) is 6.01. The maximum Gasteiger partial charge on any atom is 0.239 e. The standard InChI is InChI=1S/C20H23NO2S/c1-15-9-11-17(12-10-15)24-14-19-18(16-7-5-4-6-8-16)13-20(2,3)23-21(19)22/h4-12,18H,13-14H2,1-3H3/t18-/m1/s1. The van der Waals surface area contributed by atoms with Crippen molar-refractivity contribution in [3.63, 3.8) is 0 Å². The maximum absolute atomic E-state index is 12.5. The van der Waals surface area contributed by atoms with Gasteiger partial charge >= 0.3 is 0 Å². The molecule has 4 heteroatoms. The van der Waals surface area contributed by atoms with Crippen molar-refractivity contribution >= 4 is 17.5 Å². The molecule has 0 spiro atoms. The van der Waals surface area contributed by atoms with Crippen molar-refractivity contribution in [3.05, 3.63) is 70.9 Å². The van der Waals surface area contributed by atoms with Crippen LogP contribution in [0.4, 0.5) is 0 Å². The number of aryl methyl sites for hydroxylation is 1. The molecule has 2 aromatic rings. The smallest absolute Gasteiger partial charge is 0.239 e. The van der Waals surface area contributed by atoms with Crippen molar-refractivity contribution < 1.29 is 9.74 Å². The van der Waals surface area contributed by atoms with Crippen LogP contribution in [0.1, 0.15) is 37.3 Å². The molecule has 1 aliphatic rings. The predicted octanol–water partition coefficient (Wildman–Crippen LogP) is 4.94. The number of hydrogen-bond acceptors (Lipinski definition) is 3. The molecule has 24 heavy (non-hydrogen) atoms. The van der Waals surface area contributed by atoms with Crippen LogP contribution in [0, 0.1) is 12.1 Å². The maximum atomic E-state index is 12.5. The lowest BCUT2D eigenvalue weighted by Gasteiger charge is -2.36. The first-order valence-electron chi connectivity index (χ1n) is 8.21. The lowest BCUT2D eigenvalue weighted by Crippen LogP contribution is -2.42. The van der Waals surface area contributed by atoms with E-state index in [1.165, 1.54) is 11.1 Å². The molecule has 0 aliphatic carbocycles. The van der Waals surface area contributed by atoms with Gasteiger partial charge in [-0.2, -0.15) is 0 Å². The molecule has 0 N–H and O–H groups in total. The highest BCUT2D eigenvalue weighted by atomic mass is 32.2. The van der Waals surface area contributed by atoms with Crippen LogP contribution in [-0.2, 0) is 4.84 Å². The Kier molecular flexibility index (Phi) is 4.86. The van der Waals surface area contributed by atoms with Gasteiger partial charge in [0.05, 0.1) is 17.3 Å². The Morgan fingerprint density at radius 1 is 1.12 bits per heavy atom. The van der Waals surface area contributed by atoms with Crippen LogP contribution in [0.15, 0.2) is 59.5 Å². The third-order valence-electron chi connectivity index (χ3n) is 4.27. The third-order valence-corrected chi connectivity index (χ3v) is 5.32. The number of rotatable bonds is 4. The van der Waals surface area contributed by atoms with Crippen LogP contribution in [0.2, 0.25) is 0 Å².